The highest BCUT2D eigenvalue weighted by Gasteiger charge is 2.20. The number of carbonyl (C=O) groups is 2. The van der Waals surface area contributed by atoms with E-state index < -0.39 is 0 Å². The first-order valence-corrected chi connectivity index (χ1v) is 8.42. The van der Waals surface area contributed by atoms with Gasteiger partial charge < -0.3 is 24.4 Å². The molecule has 138 valence electrons. The van der Waals surface area contributed by atoms with Gasteiger partial charge >= 0.3 is 0 Å². The quantitative estimate of drug-likeness (QED) is 0.768. The number of benzene rings is 1. The summed E-state index contributed by atoms with van der Waals surface area (Å²) < 4.78 is 15.9. The normalized spacial score (nSPS) is 16.4. The summed E-state index contributed by atoms with van der Waals surface area (Å²) in [6, 6.07) is 5.00. The summed E-state index contributed by atoms with van der Waals surface area (Å²) in [5.74, 6) is 0.840. The lowest BCUT2D eigenvalue weighted by Gasteiger charge is -2.24. The first-order valence-electron chi connectivity index (χ1n) is 8.42. The van der Waals surface area contributed by atoms with Crippen LogP contribution >= 0.6 is 0 Å². The molecule has 0 aromatic heterocycles. The minimum absolute atomic E-state index is 0.0206. The van der Waals surface area contributed by atoms with Gasteiger partial charge in [0.1, 0.15) is 11.5 Å². The van der Waals surface area contributed by atoms with Crippen molar-refractivity contribution in [2.45, 2.75) is 25.9 Å². The van der Waals surface area contributed by atoms with E-state index in [4.69, 9.17) is 14.2 Å². The van der Waals surface area contributed by atoms with E-state index in [0.717, 1.165) is 19.4 Å². The number of nitrogens with zero attached hydrogens (tertiary/aromatic N) is 1. The van der Waals surface area contributed by atoms with Crippen LogP contribution in [0.5, 0.6) is 11.5 Å². The summed E-state index contributed by atoms with van der Waals surface area (Å²) in [4.78, 5) is 25.8. The van der Waals surface area contributed by atoms with Crippen molar-refractivity contribution in [1.82, 2.24) is 10.2 Å². The molecule has 0 radical (unpaired) electrons. The number of hydrogen-bond acceptors (Lipinski definition) is 5. The molecule has 1 aromatic carbocycles. The zero-order valence-corrected chi connectivity index (χ0v) is 15.0. The molecular formula is C18H26N2O5. The van der Waals surface area contributed by atoms with Gasteiger partial charge in [-0.05, 0) is 25.0 Å². The summed E-state index contributed by atoms with van der Waals surface area (Å²) in [6.07, 6.45) is 2.10. The molecule has 2 amide bonds. The van der Waals surface area contributed by atoms with Gasteiger partial charge in [-0.3, -0.25) is 9.59 Å². The Morgan fingerprint density at radius 3 is 2.44 bits per heavy atom. The van der Waals surface area contributed by atoms with Crippen molar-refractivity contribution in [3.05, 3.63) is 23.8 Å². The number of methoxy groups -OCH3 is 2. The number of rotatable bonds is 8. The Kier molecular flexibility index (Phi) is 7.06. The SMILES string of the molecule is COc1cc(OC)cc(C(=O)NCCN(CC2CCCO2)C(C)=O)c1. The van der Waals surface area contributed by atoms with Crippen molar-refractivity contribution >= 4 is 11.8 Å². The Morgan fingerprint density at radius 1 is 1.24 bits per heavy atom. The average molecular weight is 350 g/mol. The Balaban J connectivity index is 1.88. The molecule has 1 N–H and O–H groups in total. The number of carbonyl (C=O) groups excluding carboxylic acids is 2. The van der Waals surface area contributed by atoms with Gasteiger partial charge in [0, 0.05) is 44.8 Å². The van der Waals surface area contributed by atoms with Crippen LogP contribution in [0.25, 0.3) is 0 Å². The highest BCUT2D eigenvalue weighted by Crippen LogP contribution is 2.22. The minimum Gasteiger partial charge on any atom is -0.497 e. The molecule has 0 saturated carbocycles. The summed E-state index contributed by atoms with van der Waals surface area (Å²) >= 11 is 0. The number of amides is 2. The molecule has 2 rings (SSSR count). The van der Waals surface area contributed by atoms with Crippen molar-refractivity contribution in [3.8, 4) is 11.5 Å². The third kappa shape index (κ3) is 5.63. The van der Waals surface area contributed by atoms with Gasteiger partial charge in [0.15, 0.2) is 0 Å². The molecule has 1 unspecified atom stereocenters. The molecule has 7 nitrogen and oxygen atoms in total. The zero-order chi connectivity index (χ0) is 18.2. The predicted octanol–water partition coefficient (Wildman–Crippen LogP) is 1.46. The van der Waals surface area contributed by atoms with Crippen LogP contribution in [0, 0.1) is 0 Å². The molecular weight excluding hydrogens is 324 g/mol. The van der Waals surface area contributed by atoms with E-state index in [1.165, 1.54) is 21.1 Å². The zero-order valence-electron chi connectivity index (χ0n) is 15.0. The fraction of sp³-hybridized carbons (Fsp3) is 0.556. The van der Waals surface area contributed by atoms with Gasteiger partial charge in [-0.25, -0.2) is 0 Å². The molecule has 7 heteroatoms. The minimum atomic E-state index is -0.238. The van der Waals surface area contributed by atoms with Crippen molar-refractivity contribution in [2.24, 2.45) is 0 Å². The first kappa shape index (κ1) is 19.1. The molecule has 1 aliphatic rings. The standard InChI is InChI=1S/C18H26N2O5/c1-13(21)20(12-15-5-4-8-25-15)7-6-19-18(22)14-9-16(23-2)11-17(10-14)24-3/h9-11,15H,4-8,12H2,1-3H3,(H,19,22). The second-order valence-corrected chi connectivity index (χ2v) is 5.96. The lowest BCUT2D eigenvalue weighted by molar-refractivity contribution is -0.130. The maximum Gasteiger partial charge on any atom is 0.251 e. The van der Waals surface area contributed by atoms with Crippen LogP contribution in [0.1, 0.15) is 30.1 Å². The summed E-state index contributed by atoms with van der Waals surface area (Å²) in [6.45, 7) is 3.67. The van der Waals surface area contributed by atoms with E-state index in [-0.39, 0.29) is 17.9 Å². The maximum absolute atomic E-state index is 12.3. The topological polar surface area (TPSA) is 77.1 Å². The van der Waals surface area contributed by atoms with Gasteiger partial charge in [-0.1, -0.05) is 0 Å². The van der Waals surface area contributed by atoms with Crippen LogP contribution in [-0.4, -0.2) is 63.3 Å². The first-order chi connectivity index (χ1) is 12.0. The van der Waals surface area contributed by atoms with Gasteiger partial charge in [-0.15, -0.1) is 0 Å². The molecule has 1 atom stereocenters. The second kappa shape index (κ2) is 9.27. The number of nitrogens with one attached hydrogen (secondary N) is 1. The molecule has 0 bridgehead atoms. The van der Waals surface area contributed by atoms with Gasteiger partial charge in [-0.2, -0.15) is 0 Å². The smallest absolute Gasteiger partial charge is 0.251 e. The molecule has 1 heterocycles. The molecule has 1 aliphatic heterocycles. The molecule has 1 aromatic rings. The second-order valence-electron chi connectivity index (χ2n) is 5.96. The van der Waals surface area contributed by atoms with Crippen molar-refractivity contribution in [3.63, 3.8) is 0 Å². The van der Waals surface area contributed by atoms with Crippen LogP contribution in [0.4, 0.5) is 0 Å². The van der Waals surface area contributed by atoms with E-state index in [1.807, 2.05) is 0 Å². The van der Waals surface area contributed by atoms with E-state index >= 15 is 0 Å². The van der Waals surface area contributed by atoms with Crippen LogP contribution in [0.3, 0.4) is 0 Å². The summed E-state index contributed by atoms with van der Waals surface area (Å²) in [5.41, 5.74) is 0.449. The third-order valence-electron chi connectivity index (χ3n) is 4.17. The van der Waals surface area contributed by atoms with Crippen LogP contribution < -0.4 is 14.8 Å². The highest BCUT2D eigenvalue weighted by atomic mass is 16.5. The molecule has 25 heavy (non-hydrogen) atoms. The number of ether oxygens (including phenoxy) is 3. The summed E-state index contributed by atoms with van der Waals surface area (Å²) in [7, 11) is 3.07. The lowest BCUT2D eigenvalue weighted by atomic mass is 10.2. The largest absolute Gasteiger partial charge is 0.497 e. The van der Waals surface area contributed by atoms with Crippen molar-refractivity contribution in [1.29, 1.82) is 0 Å². The van der Waals surface area contributed by atoms with E-state index in [2.05, 4.69) is 5.32 Å². The Morgan fingerprint density at radius 2 is 1.92 bits per heavy atom. The van der Waals surface area contributed by atoms with Gasteiger partial charge in [0.05, 0.1) is 20.3 Å². The molecule has 1 saturated heterocycles. The Hall–Kier alpha value is -2.28. The van der Waals surface area contributed by atoms with Crippen LogP contribution in [0.2, 0.25) is 0 Å². The molecule has 1 fully saturated rings. The van der Waals surface area contributed by atoms with E-state index in [9.17, 15) is 9.59 Å². The van der Waals surface area contributed by atoms with Gasteiger partial charge in [0.25, 0.3) is 5.91 Å². The van der Waals surface area contributed by atoms with Crippen LogP contribution in [-0.2, 0) is 9.53 Å². The van der Waals surface area contributed by atoms with Crippen LogP contribution in [0.15, 0.2) is 18.2 Å². The average Bonchev–Trinajstić information content (AvgIpc) is 3.13. The Bertz CT molecular complexity index is 577. The summed E-state index contributed by atoms with van der Waals surface area (Å²) in [5, 5.41) is 2.83. The molecule has 0 aliphatic carbocycles. The number of hydrogen-bond donors (Lipinski definition) is 1. The predicted molar refractivity (Wildman–Crippen MR) is 93.1 cm³/mol. The maximum atomic E-state index is 12.3. The Labute approximate surface area is 148 Å². The van der Waals surface area contributed by atoms with E-state index in [0.29, 0.717) is 36.7 Å². The van der Waals surface area contributed by atoms with E-state index in [1.54, 1.807) is 23.1 Å². The fourth-order valence-electron chi connectivity index (χ4n) is 2.76. The van der Waals surface area contributed by atoms with Gasteiger partial charge in [0.2, 0.25) is 5.91 Å². The molecule has 0 spiro atoms. The third-order valence-corrected chi connectivity index (χ3v) is 4.17. The fourth-order valence-corrected chi connectivity index (χ4v) is 2.76. The highest BCUT2D eigenvalue weighted by molar-refractivity contribution is 5.95. The van der Waals surface area contributed by atoms with Crippen molar-refractivity contribution < 1.29 is 23.8 Å². The lowest BCUT2D eigenvalue weighted by Crippen LogP contribution is -2.41. The van der Waals surface area contributed by atoms with Crippen molar-refractivity contribution in [2.75, 3.05) is 40.5 Å². The monoisotopic (exact) mass is 350 g/mol.